The van der Waals surface area contributed by atoms with Gasteiger partial charge in [-0.25, -0.2) is 4.98 Å². The Morgan fingerprint density at radius 2 is 2.27 bits per heavy atom. The molecule has 1 saturated heterocycles. The zero-order chi connectivity index (χ0) is 16.1. The van der Waals surface area contributed by atoms with Crippen molar-refractivity contribution in [1.29, 1.82) is 0 Å². The minimum Gasteiger partial charge on any atom is -0.362 e. The van der Waals surface area contributed by atoms with Crippen molar-refractivity contribution in [3.63, 3.8) is 0 Å². The molecule has 0 radical (unpaired) electrons. The molecule has 1 fully saturated rings. The van der Waals surface area contributed by atoms with E-state index in [1.165, 1.54) is 0 Å². The van der Waals surface area contributed by atoms with Gasteiger partial charge < -0.3 is 15.1 Å². The van der Waals surface area contributed by atoms with Gasteiger partial charge in [0.25, 0.3) is 0 Å². The number of amides is 2. The van der Waals surface area contributed by atoms with Crippen molar-refractivity contribution in [2.45, 2.75) is 38.8 Å². The average molecular weight is 304 g/mol. The summed E-state index contributed by atoms with van der Waals surface area (Å²) < 4.78 is 0. The molecule has 6 heteroatoms. The number of aromatic nitrogens is 1. The summed E-state index contributed by atoms with van der Waals surface area (Å²) in [5.41, 5.74) is 0.962. The molecule has 0 saturated carbocycles. The molecule has 0 aromatic carbocycles. The Hall–Kier alpha value is -2.11. The highest BCUT2D eigenvalue weighted by atomic mass is 16.2. The van der Waals surface area contributed by atoms with Crippen LogP contribution >= 0.6 is 0 Å². The summed E-state index contributed by atoms with van der Waals surface area (Å²) in [6.07, 6.45) is 3.76. The number of nitrogens with zero attached hydrogens (tertiary/aromatic N) is 3. The minimum atomic E-state index is -0.366. The molecule has 2 heterocycles. The smallest absolute Gasteiger partial charge is 0.243 e. The number of rotatable bonds is 6. The molecule has 0 aliphatic carbocycles. The number of carbonyl (C=O) groups is 2. The molecule has 120 valence electrons. The fraction of sp³-hybridized carbons (Fsp3) is 0.562. The molecule has 1 N–H and O–H groups in total. The Kier molecular flexibility index (Phi) is 5.35. The summed E-state index contributed by atoms with van der Waals surface area (Å²) in [6.45, 7) is 3.03. The third kappa shape index (κ3) is 3.55. The van der Waals surface area contributed by atoms with Gasteiger partial charge in [0.1, 0.15) is 11.9 Å². The summed E-state index contributed by atoms with van der Waals surface area (Å²) in [4.78, 5) is 32.2. The molecule has 2 rings (SSSR count). The van der Waals surface area contributed by atoms with Gasteiger partial charge in [-0.1, -0.05) is 13.0 Å². The van der Waals surface area contributed by atoms with Crippen LogP contribution < -0.4 is 10.2 Å². The van der Waals surface area contributed by atoms with Crippen LogP contribution in [-0.4, -0.2) is 48.4 Å². The van der Waals surface area contributed by atoms with E-state index >= 15 is 0 Å². The molecular formula is C16H24N4O2. The first-order chi connectivity index (χ1) is 10.5. The SMILES string of the molecule is CC[C@@H](C(=O)NCc1cccnc1N(C)C)N1CCCC1=O. The molecule has 22 heavy (non-hydrogen) atoms. The first-order valence-corrected chi connectivity index (χ1v) is 7.73. The highest BCUT2D eigenvalue weighted by Gasteiger charge is 2.31. The van der Waals surface area contributed by atoms with E-state index in [1.54, 1.807) is 11.1 Å². The van der Waals surface area contributed by atoms with Crippen LogP contribution in [0.25, 0.3) is 0 Å². The fourth-order valence-electron chi connectivity index (χ4n) is 2.82. The monoisotopic (exact) mass is 304 g/mol. The molecular weight excluding hydrogens is 280 g/mol. The lowest BCUT2D eigenvalue weighted by Crippen LogP contribution is -2.47. The number of nitrogens with one attached hydrogen (secondary N) is 1. The van der Waals surface area contributed by atoms with E-state index in [4.69, 9.17) is 0 Å². The van der Waals surface area contributed by atoms with Crippen molar-refractivity contribution < 1.29 is 9.59 Å². The minimum absolute atomic E-state index is 0.0809. The lowest BCUT2D eigenvalue weighted by molar-refractivity contribution is -0.137. The van der Waals surface area contributed by atoms with E-state index in [0.29, 0.717) is 25.9 Å². The van der Waals surface area contributed by atoms with Crippen LogP contribution in [0.1, 0.15) is 31.7 Å². The number of pyridine rings is 1. The Morgan fingerprint density at radius 1 is 1.50 bits per heavy atom. The van der Waals surface area contributed by atoms with Gasteiger partial charge in [-0.05, 0) is 18.9 Å². The van der Waals surface area contributed by atoms with Crippen LogP contribution in [0.5, 0.6) is 0 Å². The fourth-order valence-corrected chi connectivity index (χ4v) is 2.82. The van der Waals surface area contributed by atoms with Crippen molar-refractivity contribution in [2.24, 2.45) is 0 Å². The summed E-state index contributed by atoms with van der Waals surface area (Å²) in [7, 11) is 3.84. The molecule has 1 aliphatic rings. The topological polar surface area (TPSA) is 65.5 Å². The van der Waals surface area contributed by atoms with Crippen LogP contribution in [-0.2, 0) is 16.1 Å². The predicted octanol–water partition coefficient (Wildman–Crippen LogP) is 1.16. The van der Waals surface area contributed by atoms with Crippen molar-refractivity contribution >= 4 is 17.6 Å². The van der Waals surface area contributed by atoms with Gasteiger partial charge in [0, 0.05) is 45.4 Å². The summed E-state index contributed by atoms with van der Waals surface area (Å²) in [5, 5.41) is 2.94. The second kappa shape index (κ2) is 7.24. The summed E-state index contributed by atoms with van der Waals surface area (Å²) in [5.74, 6) is 0.830. The van der Waals surface area contributed by atoms with Crippen LogP contribution in [0.15, 0.2) is 18.3 Å². The highest BCUT2D eigenvalue weighted by Crippen LogP contribution is 2.17. The number of anilines is 1. The maximum absolute atomic E-state index is 12.4. The van der Waals surface area contributed by atoms with Crippen molar-refractivity contribution in [3.05, 3.63) is 23.9 Å². The molecule has 0 bridgehead atoms. The zero-order valence-electron chi connectivity index (χ0n) is 13.5. The Morgan fingerprint density at radius 3 is 2.86 bits per heavy atom. The molecule has 1 aromatic rings. The van der Waals surface area contributed by atoms with Gasteiger partial charge in [0.05, 0.1) is 0 Å². The maximum Gasteiger partial charge on any atom is 0.243 e. The van der Waals surface area contributed by atoms with E-state index in [-0.39, 0.29) is 17.9 Å². The highest BCUT2D eigenvalue weighted by molar-refractivity contribution is 5.88. The van der Waals surface area contributed by atoms with Gasteiger partial charge in [-0.2, -0.15) is 0 Å². The standard InChI is InChI=1S/C16H24N4O2/c1-4-13(20-10-6-8-14(20)21)16(22)18-11-12-7-5-9-17-15(12)19(2)3/h5,7,9,13H,4,6,8,10-11H2,1-3H3,(H,18,22)/t13-/m0/s1. The molecule has 0 unspecified atom stereocenters. The largest absolute Gasteiger partial charge is 0.362 e. The Balaban J connectivity index is 2.01. The zero-order valence-corrected chi connectivity index (χ0v) is 13.5. The lowest BCUT2D eigenvalue weighted by atomic mass is 10.1. The molecule has 2 amide bonds. The first-order valence-electron chi connectivity index (χ1n) is 7.73. The van der Waals surface area contributed by atoms with Crippen LogP contribution in [0.3, 0.4) is 0 Å². The quantitative estimate of drug-likeness (QED) is 0.856. The summed E-state index contributed by atoms with van der Waals surface area (Å²) in [6, 6.07) is 3.44. The van der Waals surface area contributed by atoms with Crippen molar-refractivity contribution in [2.75, 3.05) is 25.5 Å². The third-order valence-corrected chi connectivity index (χ3v) is 3.92. The van der Waals surface area contributed by atoms with Gasteiger partial charge in [-0.3, -0.25) is 9.59 Å². The van der Waals surface area contributed by atoms with E-state index in [1.807, 2.05) is 38.1 Å². The van der Waals surface area contributed by atoms with E-state index in [0.717, 1.165) is 17.8 Å². The number of hydrogen-bond acceptors (Lipinski definition) is 4. The molecule has 1 aromatic heterocycles. The summed E-state index contributed by atoms with van der Waals surface area (Å²) >= 11 is 0. The van der Waals surface area contributed by atoms with E-state index in [2.05, 4.69) is 10.3 Å². The third-order valence-electron chi connectivity index (χ3n) is 3.92. The number of hydrogen-bond donors (Lipinski definition) is 1. The van der Waals surface area contributed by atoms with Crippen LogP contribution in [0.4, 0.5) is 5.82 Å². The van der Waals surface area contributed by atoms with Gasteiger partial charge in [0.15, 0.2) is 0 Å². The number of likely N-dealkylation sites (tertiary alicyclic amines) is 1. The van der Waals surface area contributed by atoms with Gasteiger partial charge >= 0.3 is 0 Å². The molecule has 1 aliphatic heterocycles. The molecule has 6 nitrogen and oxygen atoms in total. The first kappa shape index (κ1) is 16.3. The van der Waals surface area contributed by atoms with Crippen molar-refractivity contribution in [3.8, 4) is 0 Å². The van der Waals surface area contributed by atoms with Crippen molar-refractivity contribution in [1.82, 2.24) is 15.2 Å². The van der Waals surface area contributed by atoms with Crippen LogP contribution in [0.2, 0.25) is 0 Å². The van der Waals surface area contributed by atoms with E-state index < -0.39 is 0 Å². The Labute approximate surface area is 131 Å². The van der Waals surface area contributed by atoms with Gasteiger partial charge in [-0.15, -0.1) is 0 Å². The Bertz CT molecular complexity index is 545. The predicted molar refractivity (Wildman–Crippen MR) is 85.4 cm³/mol. The maximum atomic E-state index is 12.4. The second-order valence-corrected chi connectivity index (χ2v) is 5.71. The molecule has 1 atom stereocenters. The number of carbonyl (C=O) groups excluding carboxylic acids is 2. The lowest BCUT2D eigenvalue weighted by Gasteiger charge is -2.26. The average Bonchev–Trinajstić information content (AvgIpc) is 2.92. The van der Waals surface area contributed by atoms with E-state index in [9.17, 15) is 9.59 Å². The van der Waals surface area contributed by atoms with Crippen LogP contribution in [0, 0.1) is 0 Å². The molecule has 0 spiro atoms. The second-order valence-electron chi connectivity index (χ2n) is 5.71. The normalized spacial score (nSPS) is 15.8. The van der Waals surface area contributed by atoms with Gasteiger partial charge in [0.2, 0.25) is 11.8 Å².